The lowest BCUT2D eigenvalue weighted by Gasteiger charge is -2.26. The molecule has 1 atom stereocenters. The molecule has 1 heterocycles. The molecular formula is C23H25NO7S. The Kier molecular flexibility index (Phi) is 7.79. The van der Waals surface area contributed by atoms with Crippen molar-refractivity contribution in [1.82, 2.24) is 4.31 Å². The average Bonchev–Trinajstić information content (AvgIpc) is 2.83. The molecule has 1 saturated heterocycles. The molecule has 0 amide bonds. The van der Waals surface area contributed by atoms with Crippen LogP contribution in [0.1, 0.15) is 22.8 Å². The van der Waals surface area contributed by atoms with Crippen molar-refractivity contribution in [2.45, 2.75) is 17.9 Å². The van der Waals surface area contributed by atoms with Gasteiger partial charge in [0.25, 0.3) is 0 Å². The first kappa shape index (κ1) is 23.6. The van der Waals surface area contributed by atoms with Gasteiger partial charge in [0.15, 0.2) is 6.10 Å². The zero-order chi connectivity index (χ0) is 23.1. The fourth-order valence-electron chi connectivity index (χ4n) is 3.19. The van der Waals surface area contributed by atoms with Crippen LogP contribution in [0.3, 0.4) is 0 Å². The van der Waals surface area contributed by atoms with Gasteiger partial charge in [-0.05, 0) is 30.7 Å². The maximum atomic E-state index is 13.0. The van der Waals surface area contributed by atoms with Gasteiger partial charge in [-0.1, -0.05) is 36.4 Å². The quantitative estimate of drug-likeness (QED) is 0.340. The number of hydrogen-bond acceptors (Lipinski definition) is 7. The molecule has 8 nitrogen and oxygen atoms in total. The molecule has 1 unspecified atom stereocenters. The Morgan fingerprint density at radius 2 is 1.78 bits per heavy atom. The molecule has 0 radical (unpaired) electrons. The summed E-state index contributed by atoms with van der Waals surface area (Å²) in [4.78, 5) is 24.5. The summed E-state index contributed by atoms with van der Waals surface area (Å²) >= 11 is 0. The first-order chi connectivity index (χ1) is 15.3. The van der Waals surface area contributed by atoms with E-state index in [4.69, 9.17) is 14.2 Å². The smallest absolute Gasteiger partial charge is 0.331 e. The minimum atomic E-state index is -3.79. The Bertz CT molecular complexity index is 1090. The van der Waals surface area contributed by atoms with Crippen LogP contribution in [0.5, 0.6) is 5.75 Å². The molecule has 1 aliphatic heterocycles. The summed E-state index contributed by atoms with van der Waals surface area (Å²) in [7, 11) is -2.40. The predicted octanol–water partition coefficient (Wildman–Crippen LogP) is 2.54. The summed E-state index contributed by atoms with van der Waals surface area (Å²) in [5.74, 6) is -0.816. The molecule has 0 saturated carbocycles. The van der Waals surface area contributed by atoms with Gasteiger partial charge in [0, 0.05) is 24.7 Å². The standard InChI is InChI=1S/C23H25NO7S/c1-17(23(26)19-6-4-3-5-7-19)31-22(25)11-9-18-8-10-20(29-2)21(16-18)32(27,28)24-12-14-30-15-13-24/h3-11,16-17H,12-15H2,1-2H3. The highest BCUT2D eigenvalue weighted by atomic mass is 32.2. The maximum Gasteiger partial charge on any atom is 0.331 e. The third-order valence-corrected chi connectivity index (χ3v) is 6.83. The fourth-order valence-corrected chi connectivity index (χ4v) is 4.79. The number of hydrogen-bond donors (Lipinski definition) is 0. The van der Waals surface area contributed by atoms with Crippen LogP contribution in [-0.4, -0.2) is 64.0 Å². The number of Topliss-reactive ketones (excluding diaryl/α,β-unsaturated/α-hetero) is 1. The molecule has 3 rings (SSSR count). The highest BCUT2D eigenvalue weighted by Crippen LogP contribution is 2.28. The lowest BCUT2D eigenvalue weighted by molar-refractivity contribution is -0.140. The topological polar surface area (TPSA) is 99.2 Å². The number of nitrogens with zero attached hydrogens (tertiary/aromatic N) is 1. The number of benzene rings is 2. The molecular weight excluding hydrogens is 434 g/mol. The SMILES string of the molecule is COc1ccc(C=CC(=O)OC(C)C(=O)c2ccccc2)cc1S(=O)(=O)N1CCOCC1. The molecule has 2 aromatic carbocycles. The van der Waals surface area contributed by atoms with Gasteiger partial charge in [-0.25, -0.2) is 13.2 Å². The van der Waals surface area contributed by atoms with Gasteiger partial charge in [-0.2, -0.15) is 4.31 Å². The highest BCUT2D eigenvalue weighted by molar-refractivity contribution is 7.89. The van der Waals surface area contributed by atoms with Gasteiger partial charge < -0.3 is 14.2 Å². The van der Waals surface area contributed by atoms with Crippen molar-refractivity contribution in [3.05, 3.63) is 65.7 Å². The van der Waals surface area contributed by atoms with E-state index in [0.29, 0.717) is 24.3 Å². The number of sulfonamides is 1. The van der Waals surface area contributed by atoms with Gasteiger partial charge in [-0.15, -0.1) is 0 Å². The summed E-state index contributed by atoms with van der Waals surface area (Å²) in [5, 5.41) is 0. The first-order valence-electron chi connectivity index (χ1n) is 10.1. The number of esters is 1. The Balaban J connectivity index is 1.73. The van der Waals surface area contributed by atoms with Crippen LogP contribution in [0, 0.1) is 0 Å². The molecule has 0 aromatic heterocycles. The number of methoxy groups -OCH3 is 1. The van der Waals surface area contributed by atoms with Gasteiger partial charge >= 0.3 is 5.97 Å². The number of carbonyl (C=O) groups excluding carboxylic acids is 2. The number of morpholine rings is 1. The molecule has 0 spiro atoms. The van der Waals surface area contributed by atoms with Crippen molar-refractivity contribution >= 4 is 27.9 Å². The van der Waals surface area contributed by atoms with E-state index in [9.17, 15) is 18.0 Å². The van der Waals surface area contributed by atoms with E-state index >= 15 is 0 Å². The molecule has 32 heavy (non-hydrogen) atoms. The summed E-state index contributed by atoms with van der Waals surface area (Å²) < 4.78 is 43.1. The number of ether oxygens (including phenoxy) is 3. The van der Waals surface area contributed by atoms with Gasteiger partial charge in [-0.3, -0.25) is 4.79 Å². The van der Waals surface area contributed by atoms with Crippen LogP contribution >= 0.6 is 0 Å². The molecule has 1 aliphatic rings. The number of ketones is 1. The monoisotopic (exact) mass is 459 g/mol. The van der Waals surface area contributed by atoms with Crippen LogP contribution in [-0.2, 0) is 24.3 Å². The van der Waals surface area contributed by atoms with Crippen molar-refractivity contribution in [3.8, 4) is 5.75 Å². The van der Waals surface area contributed by atoms with E-state index in [0.717, 1.165) is 6.08 Å². The van der Waals surface area contributed by atoms with E-state index < -0.39 is 22.1 Å². The number of rotatable bonds is 8. The summed E-state index contributed by atoms with van der Waals surface area (Å²) in [6, 6.07) is 13.1. The highest BCUT2D eigenvalue weighted by Gasteiger charge is 2.29. The normalized spacial score (nSPS) is 15.9. The fraction of sp³-hybridized carbons (Fsp3) is 0.304. The van der Waals surface area contributed by atoms with E-state index in [1.807, 2.05) is 0 Å². The summed E-state index contributed by atoms with van der Waals surface area (Å²) in [5.41, 5.74) is 0.918. The molecule has 0 aliphatic carbocycles. The van der Waals surface area contributed by atoms with Gasteiger partial charge in [0.1, 0.15) is 10.6 Å². The Morgan fingerprint density at radius 3 is 2.44 bits per heavy atom. The summed E-state index contributed by atoms with van der Waals surface area (Å²) in [6.45, 7) is 2.66. The molecule has 1 fully saturated rings. The Hall–Kier alpha value is -3.01. The average molecular weight is 460 g/mol. The van der Waals surface area contributed by atoms with E-state index in [1.54, 1.807) is 36.4 Å². The van der Waals surface area contributed by atoms with Gasteiger partial charge in [0.05, 0.1) is 20.3 Å². The van der Waals surface area contributed by atoms with Crippen molar-refractivity contribution in [3.63, 3.8) is 0 Å². The second-order valence-corrected chi connectivity index (χ2v) is 8.98. The Morgan fingerprint density at radius 1 is 1.09 bits per heavy atom. The third-order valence-electron chi connectivity index (χ3n) is 4.91. The predicted molar refractivity (Wildman–Crippen MR) is 118 cm³/mol. The minimum absolute atomic E-state index is 0.00467. The Labute approximate surface area is 187 Å². The van der Waals surface area contributed by atoms with Crippen molar-refractivity contribution in [2.24, 2.45) is 0 Å². The van der Waals surface area contributed by atoms with Crippen molar-refractivity contribution in [1.29, 1.82) is 0 Å². The van der Waals surface area contributed by atoms with Crippen molar-refractivity contribution < 1.29 is 32.2 Å². The van der Waals surface area contributed by atoms with E-state index in [2.05, 4.69) is 0 Å². The largest absolute Gasteiger partial charge is 0.495 e. The van der Waals surface area contributed by atoms with Gasteiger partial charge in [0.2, 0.25) is 15.8 Å². The molecule has 2 aromatic rings. The molecule has 9 heteroatoms. The molecule has 0 N–H and O–H groups in total. The zero-order valence-corrected chi connectivity index (χ0v) is 18.7. The molecule has 170 valence electrons. The second kappa shape index (κ2) is 10.5. The van der Waals surface area contributed by atoms with Crippen LogP contribution in [0.2, 0.25) is 0 Å². The molecule has 0 bridgehead atoms. The van der Waals surface area contributed by atoms with Crippen LogP contribution in [0.25, 0.3) is 6.08 Å². The van der Waals surface area contributed by atoms with E-state index in [-0.39, 0.29) is 29.5 Å². The number of carbonyl (C=O) groups is 2. The van der Waals surface area contributed by atoms with Crippen LogP contribution in [0.4, 0.5) is 0 Å². The lowest BCUT2D eigenvalue weighted by atomic mass is 10.1. The third kappa shape index (κ3) is 5.61. The maximum absolute atomic E-state index is 13.0. The van der Waals surface area contributed by atoms with E-state index in [1.165, 1.54) is 36.5 Å². The van der Waals surface area contributed by atoms with Crippen LogP contribution in [0.15, 0.2) is 59.5 Å². The first-order valence-corrected chi connectivity index (χ1v) is 11.5. The van der Waals surface area contributed by atoms with Crippen molar-refractivity contribution in [2.75, 3.05) is 33.4 Å². The zero-order valence-electron chi connectivity index (χ0n) is 17.9. The lowest BCUT2D eigenvalue weighted by Crippen LogP contribution is -2.40. The summed E-state index contributed by atoms with van der Waals surface area (Å²) in [6.07, 6.45) is 1.63. The van der Waals surface area contributed by atoms with Crippen LogP contribution < -0.4 is 4.74 Å². The second-order valence-electron chi connectivity index (χ2n) is 7.07. The minimum Gasteiger partial charge on any atom is -0.495 e.